The number of halogens is 1. The van der Waals surface area contributed by atoms with Crippen LogP contribution < -0.4 is 10.1 Å². The van der Waals surface area contributed by atoms with E-state index in [-0.39, 0.29) is 11.6 Å². The Morgan fingerprint density at radius 3 is 2.48 bits per heavy atom. The highest BCUT2D eigenvalue weighted by Gasteiger charge is 2.19. The minimum atomic E-state index is -0.432. The van der Waals surface area contributed by atoms with Crippen LogP contribution in [-0.2, 0) is 0 Å². The van der Waals surface area contributed by atoms with Crippen LogP contribution in [0.2, 0.25) is 0 Å². The Labute approximate surface area is 179 Å². The lowest BCUT2D eigenvalue weighted by Crippen LogP contribution is -2.14. The van der Waals surface area contributed by atoms with E-state index in [1.807, 2.05) is 56.3 Å². The highest BCUT2D eigenvalue weighted by atomic mass is 19.1. The number of hydrogen-bond donors (Lipinski definition) is 1. The van der Waals surface area contributed by atoms with Crippen molar-refractivity contribution in [2.24, 2.45) is 0 Å². The molecule has 0 fully saturated rings. The smallest absolute Gasteiger partial charge is 0.295 e. The van der Waals surface area contributed by atoms with Crippen LogP contribution >= 0.6 is 0 Å². The Morgan fingerprint density at radius 1 is 1.06 bits per heavy atom. The van der Waals surface area contributed by atoms with Crippen LogP contribution in [0.25, 0.3) is 17.1 Å². The second kappa shape index (κ2) is 8.79. The third kappa shape index (κ3) is 4.61. The lowest BCUT2D eigenvalue weighted by atomic mass is 10.2. The third-order valence-electron chi connectivity index (χ3n) is 4.58. The van der Waals surface area contributed by atoms with Gasteiger partial charge in [0.25, 0.3) is 5.91 Å². The van der Waals surface area contributed by atoms with Gasteiger partial charge in [-0.05, 0) is 80.1 Å². The van der Waals surface area contributed by atoms with E-state index in [0.29, 0.717) is 29.4 Å². The molecule has 31 heavy (non-hydrogen) atoms. The van der Waals surface area contributed by atoms with Gasteiger partial charge in [-0.3, -0.25) is 4.79 Å². The van der Waals surface area contributed by atoms with Crippen LogP contribution in [0, 0.1) is 12.7 Å². The fourth-order valence-electron chi connectivity index (χ4n) is 3.13. The summed E-state index contributed by atoms with van der Waals surface area (Å²) in [5, 5.41) is 7.25. The molecule has 4 aromatic rings. The average molecular weight is 416 g/mol. The summed E-state index contributed by atoms with van der Waals surface area (Å²) in [6, 6.07) is 20.7. The van der Waals surface area contributed by atoms with E-state index < -0.39 is 5.91 Å². The van der Waals surface area contributed by atoms with Crippen molar-refractivity contribution < 1.29 is 13.9 Å². The predicted octanol–water partition coefficient (Wildman–Crippen LogP) is 5.03. The highest BCUT2D eigenvalue weighted by Crippen LogP contribution is 2.24. The minimum Gasteiger partial charge on any atom is -0.494 e. The number of amides is 1. The number of nitrogens with one attached hydrogen (secondary N) is 1. The summed E-state index contributed by atoms with van der Waals surface area (Å²) in [6.07, 6.45) is 0. The maximum Gasteiger partial charge on any atom is 0.295 e. The Morgan fingerprint density at radius 2 is 1.81 bits per heavy atom. The number of carbonyl (C=O) groups excluding carboxylic acids is 1. The van der Waals surface area contributed by atoms with Crippen molar-refractivity contribution in [1.82, 2.24) is 14.8 Å². The molecule has 0 aliphatic carbocycles. The number of ether oxygens (including phenoxy) is 1. The van der Waals surface area contributed by atoms with Gasteiger partial charge in [-0.1, -0.05) is 12.1 Å². The van der Waals surface area contributed by atoms with E-state index in [9.17, 15) is 9.18 Å². The predicted molar refractivity (Wildman–Crippen MR) is 117 cm³/mol. The molecule has 3 aromatic carbocycles. The van der Waals surface area contributed by atoms with E-state index in [1.165, 1.54) is 12.1 Å². The van der Waals surface area contributed by atoms with E-state index in [1.54, 1.807) is 22.9 Å². The summed E-state index contributed by atoms with van der Waals surface area (Å²) in [6.45, 7) is 4.42. The first-order valence-electron chi connectivity index (χ1n) is 9.88. The van der Waals surface area contributed by atoms with Crippen molar-refractivity contribution in [3.8, 4) is 22.8 Å². The molecule has 6 nitrogen and oxygen atoms in total. The van der Waals surface area contributed by atoms with Gasteiger partial charge in [0.05, 0.1) is 12.3 Å². The molecule has 7 heteroatoms. The molecule has 0 aliphatic heterocycles. The summed E-state index contributed by atoms with van der Waals surface area (Å²) in [5.41, 5.74) is 3.02. The summed E-state index contributed by atoms with van der Waals surface area (Å²) >= 11 is 0. The molecule has 0 radical (unpaired) electrons. The van der Waals surface area contributed by atoms with Crippen molar-refractivity contribution in [2.75, 3.05) is 11.9 Å². The van der Waals surface area contributed by atoms with Crippen molar-refractivity contribution in [2.45, 2.75) is 13.8 Å². The van der Waals surface area contributed by atoms with Crippen LogP contribution in [0.1, 0.15) is 23.1 Å². The molecule has 0 unspecified atom stereocenters. The number of anilines is 1. The Bertz CT molecular complexity index is 1200. The number of aryl methyl sites for hydroxylation is 1. The molecular formula is C24H21FN4O2. The Balaban J connectivity index is 1.72. The third-order valence-corrected chi connectivity index (χ3v) is 4.58. The standard InChI is InChI=1S/C24H21FN4O2/c1-3-31-21-13-11-20(12-14-21)29-23(17-7-9-18(25)10-8-17)27-22(28-29)24(30)26-19-6-4-5-16(2)15-19/h4-15H,3H2,1-2H3,(H,26,30). The minimum absolute atomic E-state index is 0.00900. The van der Waals surface area contributed by atoms with Crippen molar-refractivity contribution in [3.63, 3.8) is 0 Å². The fourth-order valence-corrected chi connectivity index (χ4v) is 3.13. The first kappa shape index (κ1) is 20.3. The number of carbonyl (C=O) groups is 1. The molecule has 4 rings (SSSR count). The lowest BCUT2D eigenvalue weighted by Gasteiger charge is -2.08. The molecule has 1 amide bonds. The average Bonchev–Trinajstić information content (AvgIpc) is 3.21. The maximum absolute atomic E-state index is 13.4. The molecule has 1 heterocycles. The number of aromatic nitrogens is 3. The van der Waals surface area contributed by atoms with Crippen LogP contribution in [0.15, 0.2) is 72.8 Å². The molecule has 0 spiro atoms. The van der Waals surface area contributed by atoms with Crippen molar-refractivity contribution in [3.05, 3.63) is 90.0 Å². The quantitative estimate of drug-likeness (QED) is 0.479. The molecule has 156 valence electrons. The number of nitrogens with zero attached hydrogens (tertiary/aromatic N) is 3. The van der Waals surface area contributed by atoms with Crippen LogP contribution in [-0.4, -0.2) is 27.3 Å². The summed E-state index contributed by atoms with van der Waals surface area (Å²) in [7, 11) is 0. The molecule has 0 bridgehead atoms. The van der Waals surface area contributed by atoms with Gasteiger partial charge >= 0.3 is 0 Å². The Hall–Kier alpha value is -4.00. The zero-order chi connectivity index (χ0) is 21.8. The van der Waals surface area contributed by atoms with Gasteiger partial charge < -0.3 is 10.1 Å². The molecule has 1 aromatic heterocycles. The van der Waals surface area contributed by atoms with Gasteiger partial charge in [-0.25, -0.2) is 14.1 Å². The number of benzene rings is 3. The molecule has 0 atom stereocenters. The van der Waals surface area contributed by atoms with Crippen molar-refractivity contribution >= 4 is 11.6 Å². The first-order valence-corrected chi connectivity index (χ1v) is 9.88. The SMILES string of the molecule is CCOc1ccc(-n2nc(C(=O)Nc3cccc(C)c3)nc2-c2ccc(F)cc2)cc1. The fraction of sp³-hybridized carbons (Fsp3) is 0.125. The van der Waals surface area contributed by atoms with Gasteiger partial charge in [-0.2, -0.15) is 0 Å². The van der Waals surface area contributed by atoms with Gasteiger partial charge in [0.15, 0.2) is 5.82 Å². The first-order chi connectivity index (χ1) is 15.0. The zero-order valence-corrected chi connectivity index (χ0v) is 17.2. The van der Waals surface area contributed by atoms with E-state index >= 15 is 0 Å². The van der Waals surface area contributed by atoms with E-state index in [2.05, 4.69) is 15.4 Å². The largest absolute Gasteiger partial charge is 0.494 e. The van der Waals surface area contributed by atoms with Gasteiger partial charge in [-0.15, -0.1) is 5.10 Å². The van der Waals surface area contributed by atoms with Gasteiger partial charge in [0.1, 0.15) is 11.6 Å². The lowest BCUT2D eigenvalue weighted by molar-refractivity contribution is 0.101. The molecular weight excluding hydrogens is 395 g/mol. The maximum atomic E-state index is 13.4. The highest BCUT2D eigenvalue weighted by molar-refractivity contribution is 6.01. The summed E-state index contributed by atoms with van der Waals surface area (Å²) in [4.78, 5) is 17.3. The van der Waals surface area contributed by atoms with E-state index in [4.69, 9.17) is 4.74 Å². The van der Waals surface area contributed by atoms with Crippen LogP contribution in [0.5, 0.6) is 5.75 Å². The zero-order valence-electron chi connectivity index (χ0n) is 17.2. The van der Waals surface area contributed by atoms with Gasteiger partial charge in [0, 0.05) is 11.3 Å². The molecule has 0 aliphatic rings. The topological polar surface area (TPSA) is 69.0 Å². The van der Waals surface area contributed by atoms with Gasteiger partial charge in [0.2, 0.25) is 5.82 Å². The van der Waals surface area contributed by atoms with Crippen LogP contribution in [0.3, 0.4) is 0 Å². The van der Waals surface area contributed by atoms with E-state index in [0.717, 1.165) is 11.3 Å². The number of rotatable bonds is 6. The normalized spacial score (nSPS) is 10.7. The second-order valence-corrected chi connectivity index (χ2v) is 6.93. The molecule has 1 N–H and O–H groups in total. The molecule has 0 saturated carbocycles. The summed E-state index contributed by atoms with van der Waals surface area (Å²) in [5.74, 6) is 0.382. The summed E-state index contributed by atoms with van der Waals surface area (Å²) < 4.78 is 20.5. The van der Waals surface area contributed by atoms with Crippen molar-refractivity contribution in [1.29, 1.82) is 0 Å². The van der Waals surface area contributed by atoms with Crippen LogP contribution in [0.4, 0.5) is 10.1 Å². The second-order valence-electron chi connectivity index (χ2n) is 6.93. The molecule has 0 saturated heterocycles. The monoisotopic (exact) mass is 416 g/mol. The number of hydrogen-bond acceptors (Lipinski definition) is 4. The Kier molecular flexibility index (Phi) is 5.75.